The maximum Gasteiger partial charge on any atom is 0.271 e. The molecule has 1 fully saturated rings. The number of non-ortho nitro benzene ring substituents is 1. The van der Waals surface area contributed by atoms with E-state index >= 15 is 0 Å². The molecule has 1 heterocycles. The zero-order chi connectivity index (χ0) is 11.7. The lowest BCUT2D eigenvalue weighted by Crippen LogP contribution is -2.23. The number of carbonyl (C=O) groups excluding carboxylic acids is 1. The number of hydrogen-bond acceptors (Lipinski definition) is 3. The maximum absolute atomic E-state index is 11.5. The van der Waals surface area contributed by atoms with Crippen LogP contribution in [0.3, 0.4) is 0 Å². The van der Waals surface area contributed by atoms with E-state index in [1.807, 2.05) is 0 Å². The average molecular weight is 241 g/mol. The first-order valence-corrected chi connectivity index (χ1v) is 5.21. The van der Waals surface area contributed by atoms with Crippen molar-refractivity contribution in [3.63, 3.8) is 0 Å². The van der Waals surface area contributed by atoms with Crippen LogP contribution in [0.4, 0.5) is 11.4 Å². The molecule has 0 N–H and O–H groups in total. The minimum atomic E-state index is -0.512. The standard InChI is InChI=1S/C10H9ClN2O3/c11-8-6-7(13(15)16)3-4-9(8)12-5-1-2-10(12)14/h3-4,6H,1-2,5H2. The van der Waals surface area contributed by atoms with Gasteiger partial charge in [-0.05, 0) is 12.5 Å². The lowest BCUT2D eigenvalue weighted by molar-refractivity contribution is -0.384. The summed E-state index contributed by atoms with van der Waals surface area (Å²) in [5.74, 6) is 0.00996. The highest BCUT2D eigenvalue weighted by molar-refractivity contribution is 6.34. The summed E-state index contributed by atoms with van der Waals surface area (Å²) in [6.07, 6.45) is 1.31. The summed E-state index contributed by atoms with van der Waals surface area (Å²) in [5.41, 5.74) is 0.482. The number of amides is 1. The third kappa shape index (κ3) is 1.86. The van der Waals surface area contributed by atoms with Gasteiger partial charge in [0, 0.05) is 25.1 Å². The molecule has 0 atom stereocenters. The van der Waals surface area contributed by atoms with Crippen molar-refractivity contribution in [3.05, 3.63) is 33.3 Å². The molecule has 0 spiro atoms. The van der Waals surface area contributed by atoms with Crippen LogP contribution in [0.25, 0.3) is 0 Å². The molecule has 0 bridgehead atoms. The highest BCUT2D eigenvalue weighted by Gasteiger charge is 2.24. The van der Waals surface area contributed by atoms with Gasteiger partial charge in [-0.15, -0.1) is 0 Å². The van der Waals surface area contributed by atoms with Crippen molar-refractivity contribution in [3.8, 4) is 0 Å². The van der Waals surface area contributed by atoms with Crippen LogP contribution < -0.4 is 4.90 Å². The molecule has 2 rings (SSSR count). The van der Waals surface area contributed by atoms with Crippen LogP contribution in [0.5, 0.6) is 0 Å². The number of rotatable bonds is 2. The van der Waals surface area contributed by atoms with Gasteiger partial charge in [-0.1, -0.05) is 11.6 Å². The van der Waals surface area contributed by atoms with E-state index in [9.17, 15) is 14.9 Å². The van der Waals surface area contributed by atoms with E-state index in [2.05, 4.69) is 0 Å². The van der Waals surface area contributed by atoms with Crippen molar-refractivity contribution in [2.75, 3.05) is 11.4 Å². The fourth-order valence-electron chi connectivity index (χ4n) is 1.73. The van der Waals surface area contributed by atoms with Crippen LogP contribution in [-0.2, 0) is 4.79 Å². The molecule has 0 aromatic heterocycles. The number of nitro groups is 1. The van der Waals surface area contributed by atoms with Crippen LogP contribution in [0.2, 0.25) is 5.02 Å². The van der Waals surface area contributed by atoms with Crippen LogP contribution in [-0.4, -0.2) is 17.4 Å². The first kappa shape index (κ1) is 10.9. The monoisotopic (exact) mass is 240 g/mol. The number of halogens is 1. The third-order valence-electron chi connectivity index (χ3n) is 2.51. The molecule has 1 saturated heterocycles. The number of hydrogen-bond donors (Lipinski definition) is 0. The third-order valence-corrected chi connectivity index (χ3v) is 2.81. The molecule has 1 aliphatic rings. The number of nitrogens with zero attached hydrogens (tertiary/aromatic N) is 2. The van der Waals surface area contributed by atoms with Crippen LogP contribution in [0.15, 0.2) is 18.2 Å². The molecule has 0 unspecified atom stereocenters. The number of nitro benzene ring substituents is 1. The minimum Gasteiger partial charge on any atom is -0.311 e. The van der Waals surface area contributed by atoms with Crippen LogP contribution in [0, 0.1) is 10.1 Å². The Morgan fingerprint density at radius 2 is 2.19 bits per heavy atom. The summed E-state index contributed by atoms with van der Waals surface area (Å²) < 4.78 is 0. The van der Waals surface area contributed by atoms with Gasteiger partial charge in [0.15, 0.2) is 0 Å². The summed E-state index contributed by atoms with van der Waals surface area (Å²) in [7, 11) is 0. The molecule has 6 heteroatoms. The molecule has 0 saturated carbocycles. The average Bonchev–Trinajstić information content (AvgIpc) is 2.64. The van der Waals surface area contributed by atoms with Gasteiger partial charge in [0.1, 0.15) is 0 Å². The molecule has 5 nitrogen and oxygen atoms in total. The quantitative estimate of drug-likeness (QED) is 0.589. The number of anilines is 1. The molecule has 1 aromatic carbocycles. The van der Waals surface area contributed by atoms with Crippen molar-refractivity contribution in [2.24, 2.45) is 0 Å². The van der Waals surface area contributed by atoms with Gasteiger partial charge < -0.3 is 4.90 Å². The van der Waals surface area contributed by atoms with E-state index in [4.69, 9.17) is 11.6 Å². The maximum atomic E-state index is 11.5. The van der Waals surface area contributed by atoms with Gasteiger partial charge >= 0.3 is 0 Å². The topological polar surface area (TPSA) is 63.5 Å². The molecule has 16 heavy (non-hydrogen) atoms. The van der Waals surface area contributed by atoms with E-state index in [0.29, 0.717) is 18.7 Å². The summed E-state index contributed by atoms with van der Waals surface area (Å²) in [5, 5.41) is 10.8. The second-order valence-corrected chi connectivity index (χ2v) is 3.95. The minimum absolute atomic E-state index is 0.00996. The van der Waals surface area contributed by atoms with Gasteiger partial charge in [0.25, 0.3) is 5.69 Å². The predicted octanol–water partition coefficient (Wildman–Crippen LogP) is 2.38. The Morgan fingerprint density at radius 1 is 1.44 bits per heavy atom. The summed E-state index contributed by atoms with van der Waals surface area (Å²) in [4.78, 5) is 23.0. The van der Waals surface area contributed by atoms with E-state index in [1.54, 1.807) is 4.90 Å². The Kier molecular flexibility index (Phi) is 2.78. The fraction of sp³-hybridized carbons (Fsp3) is 0.300. The van der Waals surface area contributed by atoms with Gasteiger partial charge in [-0.3, -0.25) is 14.9 Å². The Hall–Kier alpha value is -1.62. The van der Waals surface area contributed by atoms with E-state index in [1.165, 1.54) is 18.2 Å². The molecule has 1 aromatic rings. The van der Waals surface area contributed by atoms with E-state index < -0.39 is 4.92 Å². The Morgan fingerprint density at radius 3 is 2.69 bits per heavy atom. The van der Waals surface area contributed by atoms with Crippen molar-refractivity contribution < 1.29 is 9.72 Å². The Balaban J connectivity index is 2.36. The van der Waals surface area contributed by atoms with Crippen molar-refractivity contribution in [1.82, 2.24) is 0 Å². The van der Waals surface area contributed by atoms with Gasteiger partial charge in [-0.2, -0.15) is 0 Å². The normalized spacial score (nSPS) is 15.6. The second-order valence-electron chi connectivity index (χ2n) is 3.54. The molecule has 1 aliphatic heterocycles. The predicted molar refractivity (Wildman–Crippen MR) is 59.7 cm³/mol. The van der Waals surface area contributed by atoms with Gasteiger partial charge in [0.2, 0.25) is 5.91 Å². The molecule has 0 radical (unpaired) electrons. The summed E-state index contributed by atoms with van der Waals surface area (Å²) in [6, 6.07) is 4.14. The van der Waals surface area contributed by atoms with Crippen LogP contribution in [0.1, 0.15) is 12.8 Å². The number of benzene rings is 1. The molecule has 0 aliphatic carbocycles. The first-order valence-electron chi connectivity index (χ1n) is 4.84. The van der Waals surface area contributed by atoms with E-state index in [-0.39, 0.29) is 16.6 Å². The van der Waals surface area contributed by atoms with Crippen LogP contribution >= 0.6 is 11.6 Å². The molecule has 84 valence electrons. The second kappa shape index (κ2) is 4.09. The zero-order valence-electron chi connectivity index (χ0n) is 8.35. The lowest BCUT2D eigenvalue weighted by Gasteiger charge is -2.16. The fourth-order valence-corrected chi connectivity index (χ4v) is 2.01. The highest BCUT2D eigenvalue weighted by atomic mass is 35.5. The van der Waals surface area contributed by atoms with Crippen molar-refractivity contribution in [2.45, 2.75) is 12.8 Å². The lowest BCUT2D eigenvalue weighted by atomic mass is 10.2. The Labute approximate surface area is 96.8 Å². The van der Waals surface area contributed by atoms with Crippen molar-refractivity contribution >= 4 is 28.9 Å². The summed E-state index contributed by atoms with van der Waals surface area (Å²) >= 11 is 5.92. The van der Waals surface area contributed by atoms with Gasteiger partial charge in [-0.25, -0.2) is 0 Å². The summed E-state index contributed by atoms with van der Waals surface area (Å²) in [6.45, 7) is 0.621. The molecular formula is C10H9ClN2O3. The largest absolute Gasteiger partial charge is 0.311 e. The first-order chi connectivity index (χ1) is 7.59. The zero-order valence-corrected chi connectivity index (χ0v) is 9.11. The van der Waals surface area contributed by atoms with E-state index in [0.717, 1.165) is 6.42 Å². The smallest absolute Gasteiger partial charge is 0.271 e. The number of carbonyl (C=O) groups is 1. The SMILES string of the molecule is O=C1CCCN1c1ccc([N+](=O)[O-])cc1Cl. The highest BCUT2D eigenvalue weighted by Crippen LogP contribution is 2.32. The van der Waals surface area contributed by atoms with Crippen molar-refractivity contribution in [1.29, 1.82) is 0 Å². The Bertz CT molecular complexity index is 461. The molecular weight excluding hydrogens is 232 g/mol. The molecule has 1 amide bonds. The van der Waals surface area contributed by atoms with Gasteiger partial charge in [0.05, 0.1) is 15.6 Å².